The fraction of sp³-hybridized carbons (Fsp3) is 0.833. The third kappa shape index (κ3) is 1.75. The number of carbonyl (C=O) groups is 1. The van der Waals surface area contributed by atoms with E-state index in [0.717, 1.165) is 19.4 Å². The fourth-order valence-corrected chi connectivity index (χ4v) is 2.61. The second kappa shape index (κ2) is 3.12. The van der Waals surface area contributed by atoms with Crippen molar-refractivity contribution >= 4 is 51.1 Å². The zero-order valence-electron chi connectivity index (χ0n) is 5.73. The maximum atomic E-state index is 11.4. The summed E-state index contributed by atoms with van der Waals surface area (Å²) in [5, 5.41) is 0. The molecule has 0 radical (unpaired) electrons. The van der Waals surface area contributed by atoms with Crippen molar-refractivity contribution in [1.82, 2.24) is 4.90 Å². The van der Waals surface area contributed by atoms with Crippen molar-refractivity contribution in [3.63, 3.8) is 0 Å². The van der Waals surface area contributed by atoms with Gasteiger partial charge in [-0.2, -0.15) is 0 Å². The van der Waals surface area contributed by atoms with Crippen molar-refractivity contribution in [1.29, 1.82) is 0 Å². The highest BCUT2D eigenvalue weighted by Crippen LogP contribution is 2.37. The van der Waals surface area contributed by atoms with Crippen LogP contribution in [-0.2, 0) is 4.79 Å². The molecule has 0 aliphatic carbocycles. The van der Waals surface area contributed by atoms with E-state index in [4.69, 9.17) is 0 Å². The molecule has 2 nitrogen and oxygen atoms in total. The van der Waals surface area contributed by atoms with Gasteiger partial charge in [-0.1, -0.05) is 45.2 Å². The fourth-order valence-electron chi connectivity index (χ4n) is 1.03. The molecule has 0 N–H and O–H groups in total. The third-order valence-electron chi connectivity index (χ3n) is 1.64. The van der Waals surface area contributed by atoms with Gasteiger partial charge in [0.2, 0.25) is 5.91 Å². The number of alkyl halides is 2. The first-order valence-electron chi connectivity index (χ1n) is 3.17. The van der Waals surface area contributed by atoms with Crippen molar-refractivity contribution in [2.24, 2.45) is 0 Å². The Morgan fingerprint density at radius 3 is 2.60 bits per heavy atom. The first-order valence-corrected chi connectivity index (χ1v) is 5.33. The Kier molecular flexibility index (Phi) is 2.82. The van der Waals surface area contributed by atoms with Crippen LogP contribution in [0, 0.1) is 0 Å². The van der Waals surface area contributed by atoms with Crippen molar-refractivity contribution < 1.29 is 4.79 Å². The molecule has 0 saturated carbocycles. The van der Waals surface area contributed by atoms with E-state index in [1.165, 1.54) is 0 Å². The van der Waals surface area contributed by atoms with E-state index in [-0.39, 0.29) is 7.34 Å². The zero-order chi connectivity index (χ0) is 7.78. The number of likely N-dealkylation sites (tertiary alicyclic amines) is 1. The summed E-state index contributed by atoms with van der Waals surface area (Å²) in [4.78, 5) is 13.2. The largest absolute Gasteiger partial charge is 0.344 e. The smallest absolute Gasteiger partial charge is 0.248 e. The Bertz CT molecular complexity index is 158. The van der Waals surface area contributed by atoms with Crippen molar-refractivity contribution in [2.45, 2.75) is 14.3 Å². The number of piperidine rings is 1. The van der Waals surface area contributed by atoms with Gasteiger partial charge in [0.1, 0.15) is 0 Å². The second-order valence-electron chi connectivity index (χ2n) is 2.53. The number of amides is 1. The number of carbonyl (C=O) groups excluding carboxylic acids is 1. The predicted molar refractivity (Wildman–Crippen MR) is 57.6 cm³/mol. The lowest BCUT2D eigenvalue weighted by atomic mass is 10.1. The van der Waals surface area contributed by atoms with E-state index in [1.807, 2.05) is 11.9 Å². The third-order valence-corrected chi connectivity index (χ3v) is 3.65. The average Bonchev–Trinajstić information content (AvgIpc) is 1.83. The van der Waals surface area contributed by atoms with Crippen molar-refractivity contribution in [2.75, 3.05) is 13.6 Å². The van der Waals surface area contributed by atoms with Crippen LogP contribution in [0.2, 0.25) is 0 Å². The molecule has 0 atom stereocenters. The monoisotopic (exact) mass is 365 g/mol. The Morgan fingerprint density at radius 1 is 1.60 bits per heavy atom. The van der Waals surface area contributed by atoms with Gasteiger partial charge in [0, 0.05) is 13.6 Å². The van der Waals surface area contributed by atoms with Crippen LogP contribution >= 0.6 is 45.2 Å². The summed E-state index contributed by atoms with van der Waals surface area (Å²) in [6.45, 7) is 0.923. The van der Waals surface area contributed by atoms with Gasteiger partial charge in [-0.3, -0.25) is 4.79 Å². The normalized spacial score (nSPS) is 25.1. The summed E-state index contributed by atoms with van der Waals surface area (Å²) in [5.74, 6) is 0.264. The van der Waals surface area contributed by atoms with E-state index in [9.17, 15) is 4.79 Å². The molecule has 4 heteroatoms. The molecule has 1 rings (SSSR count). The minimum absolute atomic E-state index is 0.164. The number of hydrogen-bond acceptors (Lipinski definition) is 1. The first-order chi connectivity index (χ1) is 4.54. The van der Waals surface area contributed by atoms with Crippen molar-refractivity contribution in [3.8, 4) is 0 Å². The molecule has 0 aromatic rings. The molecule has 1 saturated heterocycles. The second-order valence-corrected chi connectivity index (χ2v) is 8.28. The average molecular weight is 365 g/mol. The van der Waals surface area contributed by atoms with E-state index >= 15 is 0 Å². The Labute approximate surface area is 88.0 Å². The van der Waals surface area contributed by atoms with E-state index in [1.54, 1.807) is 0 Å². The SMILES string of the molecule is CN1CCCC(I)(I)C1=O. The van der Waals surface area contributed by atoms with Crippen molar-refractivity contribution in [3.05, 3.63) is 0 Å². The van der Waals surface area contributed by atoms with Crippen LogP contribution < -0.4 is 0 Å². The quantitative estimate of drug-likeness (QED) is 0.474. The first kappa shape index (κ1) is 9.02. The minimum atomic E-state index is -0.164. The highest BCUT2D eigenvalue weighted by atomic mass is 127. The molecule has 1 aliphatic heterocycles. The summed E-state index contributed by atoms with van der Waals surface area (Å²) < 4.78 is -0.164. The van der Waals surface area contributed by atoms with Crippen LogP contribution in [0.25, 0.3) is 0 Å². The van der Waals surface area contributed by atoms with Crippen LogP contribution in [0.15, 0.2) is 0 Å². The van der Waals surface area contributed by atoms with Gasteiger partial charge in [0.15, 0.2) is 1.43 Å². The molecule has 1 fully saturated rings. The molecule has 1 amide bonds. The molecule has 10 heavy (non-hydrogen) atoms. The summed E-state index contributed by atoms with van der Waals surface area (Å²) >= 11 is 4.46. The van der Waals surface area contributed by atoms with Gasteiger partial charge < -0.3 is 4.90 Å². The molecule has 1 heterocycles. The molecular weight excluding hydrogens is 356 g/mol. The Balaban J connectivity index is 2.70. The van der Waals surface area contributed by atoms with Gasteiger partial charge in [0.25, 0.3) is 0 Å². The Morgan fingerprint density at radius 2 is 2.20 bits per heavy atom. The lowest BCUT2D eigenvalue weighted by Crippen LogP contribution is -2.43. The summed E-state index contributed by atoms with van der Waals surface area (Å²) in [7, 11) is 1.87. The zero-order valence-corrected chi connectivity index (χ0v) is 10.0. The summed E-state index contributed by atoms with van der Waals surface area (Å²) in [6.07, 6.45) is 2.14. The van der Waals surface area contributed by atoms with E-state index in [0.29, 0.717) is 0 Å². The van der Waals surface area contributed by atoms with Gasteiger partial charge in [-0.15, -0.1) is 0 Å². The lowest BCUT2D eigenvalue weighted by molar-refractivity contribution is -0.131. The van der Waals surface area contributed by atoms with Crippen LogP contribution in [0.3, 0.4) is 0 Å². The molecule has 0 aromatic heterocycles. The molecule has 1 aliphatic rings. The van der Waals surface area contributed by atoms with E-state index in [2.05, 4.69) is 45.2 Å². The molecule has 0 unspecified atom stereocenters. The number of halogens is 2. The lowest BCUT2D eigenvalue weighted by Gasteiger charge is -2.31. The number of hydrogen-bond donors (Lipinski definition) is 0. The topological polar surface area (TPSA) is 20.3 Å². The maximum absolute atomic E-state index is 11.4. The molecular formula is C6H9I2NO. The van der Waals surface area contributed by atoms with Crippen LogP contribution in [0.4, 0.5) is 0 Å². The van der Waals surface area contributed by atoms with Crippen LogP contribution in [0.1, 0.15) is 12.8 Å². The highest BCUT2D eigenvalue weighted by Gasteiger charge is 2.37. The van der Waals surface area contributed by atoms with Crippen LogP contribution in [-0.4, -0.2) is 25.8 Å². The molecule has 0 spiro atoms. The Hall–Kier alpha value is 0.930. The maximum Gasteiger partial charge on any atom is 0.248 e. The predicted octanol–water partition coefficient (Wildman–Crippen LogP) is 1.80. The van der Waals surface area contributed by atoms with Crippen LogP contribution in [0.5, 0.6) is 0 Å². The van der Waals surface area contributed by atoms with Gasteiger partial charge in [-0.25, -0.2) is 0 Å². The number of rotatable bonds is 0. The molecule has 0 bridgehead atoms. The minimum Gasteiger partial charge on any atom is -0.344 e. The summed E-state index contributed by atoms with van der Waals surface area (Å²) in [5.41, 5.74) is 0. The standard InChI is InChI=1S/C6H9I2NO/c1-9-4-2-3-6(7,8)5(9)10/h2-4H2,1H3. The van der Waals surface area contributed by atoms with E-state index < -0.39 is 0 Å². The number of nitrogens with zero attached hydrogens (tertiary/aromatic N) is 1. The molecule has 0 aromatic carbocycles. The highest BCUT2D eigenvalue weighted by molar-refractivity contribution is 14.2. The van der Waals surface area contributed by atoms with Gasteiger partial charge in [-0.05, 0) is 12.8 Å². The van der Waals surface area contributed by atoms with Gasteiger partial charge >= 0.3 is 0 Å². The van der Waals surface area contributed by atoms with Gasteiger partial charge in [0.05, 0.1) is 0 Å². The summed E-state index contributed by atoms with van der Waals surface area (Å²) in [6, 6.07) is 0. The molecule has 58 valence electrons.